The van der Waals surface area contributed by atoms with Gasteiger partial charge in [0.25, 0.3) is 11.8 Å². The Balaban J connectivity index is 1.36. The molecular formula is C22H21F4N5O3. The monoisotopic (exact) mass is 479 g/mol. The Bertz CT molecular complexity index is 1240. The van der Waals surface area contributed by atoms with Crippen LogP contribution in [-0.2, 0) is 17.8 Å². The summed E-state index contributed by atoms with van der Waals surface area (Å²) >= 11 is 0. The number of amides is 2. The quantitative estimate of drug-likeness (QED) is 0.551. The van der Waals surface area contributed by atoms with Crippen LogP contribution in [0.2, 0.25) is 0 Å². The van der Waals surface area contributed by atoms with Crippen LogP contribution >= 0.6 is 0 Å². The number of carbonyl (C=O) groups excluding carboxylic acids is 2. The number of hydrogen-bond donors (Lipinski definition) is 1. The molecule has 1 saturated carbocycles. The van der Waals surface area contributed by atoms with Crippen molar-refractivity contribution in [2.24, 2.45) is 0 Å². The second kappa shape index (κ2) is 8.12. The zero-order valence-electron chi connectivity index (χ0n) is 18.2. The van der Waals surface area contributed by atoms with Crippen LogP contribution in [0.3, 0.4) is 0 Å². The van der Waals surface area contributed by atoms with E-state index in [0.29, 0.717) is 25.1 Å². The van der Waals surface area contributed by atoms with Gasteiger partial charge in [0, 0.05) is 19.0 Å². The minimum Gasteiger partial charge on any atom is -0.348 e. The Morgan fingerprint density at radius 2 is 1.97 bits per heavy atom. The molecule has 1 N–H and O–H groups in total. The third-order valence-corrected chi connectivity index (χ3v) is 6.63. The minimum atomic E-state index is -2.92. The molecule has 1 aliphatic heterocycles. The van der Waals surface area contributed by atoms with E-state index in [1.165, 1.54) is 29.1 Å². The van der Waals surface area contributed by atoms with E-state index in [4.69, 9.17) is 0 Å². The maximum Gasteiger partial charge on any atom is 0.345 e. The average Bonchev–Trinajstić information content (AvgIpc) is 3.27. The molecule has 0 saturated heterocycles. The predicted molar refractivity (Wildman–Crippen MR) is 111 cm³/mol. The van der Waals surface area contributed by atoms with Gasteiger partial charge >= 0.3 is 6.61 Å². The van der Waals surface area contributed by atoms with Crippen molar-refractivity contribution in [3.8, 4) is 0 Å². The van der Waals surface area contributed by atoms with Gasteiger partial charge < -0.3 is 19.5 Å². The molecule has 1 fully saturated rings. The molecule has 1 aromatic carbocycles. The number of aromatic nitrogens is 3. The Labute approximate surface area is 191 Å². The Morgan fingerprint density at radius 1 is 1.24 bits per heavy atom. The number of likely N-dealkylation sites (N-methyl/N-ethyl adjacent to an activating group) is 1. The van der Waals surface area contributed by atoms with E-state index in [9.17, 15) is 27.2 Å². The van der Waals surface area contributed by atoms with Crippen molar-refractivity contribution in [3.63, 3.8) is 0 Å². The van der Waals surface area contributed by atoms with Crippen molar-refractivity contribution in [1.29, 1.82) is 0 Å². The molecule has 0 atom stereocenters. The topological polar surface area (TPSA) is 83.5 Å². The summed E-state index contributed by atoms with van der Waals surface area (Å²) in [7, 11) is 1.54. The molecule has 34 heavy (non-hydrogen) atoms. The summed E-state index contributed by atoms with van der Waals surface area (Å²) in [6.45, 7) is -2.54. The lowest BCUT2D eigenvalue weighted by molar-refractivity contribution is -0.141. The fourth-order valence-corrected chi connectivity index (χ4v) is 4.37. The summed E-state index contributed by atoms with van der Waals surface area (Å²) in [4.78, 5) is 31.8. The van der Waals surface area contributed by atoms with Gasteiger partial charge in [-0.05, 0) is 31.0 Å². The standard InChI is InChI=1S/C22H21F4N5O3/c1-29(22(4-5-22)11-34-21(25)26)19(32)13-9-27-31-7-6-30(10-17(13)31)20(33)16-8-12-14(23)2-3-15(24)18(12)28-16/h2-3,8-9,21,28H,4-7,10-11H2,1H3. The van der Waals surface area contributed by atoms with Gasteiger partial charge in [0.15, 0.2) is 0 Å². The van der Waals surface area contributed by atoms with Crippen LogP contribution in [0, 0.1) is 11.6 Å². The van der Waals surface area contributed by atoms with E-state index >= 15 is 0 Å². The second-order valence-corrected chi connectivity index (χ2v) is 8.62. The maximum absolute atomic E-state index is 14.0. The summed E-state index contributed by atoms with van der Waals surface area (Å²) in [5.74, 6) is -2.20. The summed E-state index contributed by atoms with van der Waals surface area (Å²) in [5.41, 5.74) is -0.0976. The van der Waals surface area contributed by atoms with Crippen molar-refractivity contribution >= 4 is 22.7 Å². The molecule has 2 amide bonds. The van der Waals surface area contributed by atoms with Crippen LogP contribution < -0.4 is 0 Å². The molecule has 8 nitrogen and oxygen atoms in total. The molecule has 12 heteroatoms. The number of benzene rings is 1. The number of H-pyrrole nitrogens is 1. The summed E-state index contributed by atoms with van der Waals surface area (Å²) in [6.07, 6.45) is 2.49. The van der Waals surface area contributed by atoms with Crippen LogP contribution in [0.5, 0.6) is 0 Å². The van der Waals surface area contributed by atoms with Crippen molar-refractivity contribution in [2.45, 2.75) is 38.1 Å². The summed E-state index contributed by atoms with van der Waals surface area (Å²) in [5, 5.41) is 4.21. The highest BCUT2D eigenvalue weighted by Gasteiger charge is 2.50. The highest BCUT2D eigenvalue weighted by Crippen LogP contribution is 2.42. The largest absolute Gasteiger partial charge is 0.348 e. The molecule has 0 radical (unpaired) electrons. The van der Waals surface area contributed by atoms with Crippen LogP contribution in [-0.4, -0.2) is 68.7 Å². The first-order chi connectivity index (χ1) is 16.2. The molecule has 1 aliphatic carbocycles. The lowest BCUT2D eigenvalue weighted by Gasteiger charge is -2.30. The summed E-state index contributed by atoms with van der Waals surface area (Å²) in [6, 6.07) is 3.24. The first-order valence-electron chi connectivity index (χ1n) is 10.7. The number of alkyl halides is 2. The fourth-order valence-electron chi connectivity index (χ4n) is 4.37. The molecular weight excluding hydrogens is 458 g/mol. The second-order valence-electron chi connectivity index (χ2n) is 8.62. The number of hydrogen-bond acceptors (Lipinski definition) is 4. The van der Waals surface area contributed by atoms with E-state index in [1.807, 2.05) is 0 Å². The molecule has 0 spiro atoms. The van der Waals surface area contributed by atoms with Crippen molar-refractivity contribution in [1.82, 2.24) is 24.6 Å². The first-order valence-corrected chi connectivity index (χ1v) is 10.7. The lowest BCUT2D eigenvalue weighted by Crippen LogP contribution is -2.44. The Hall–Kier alpha value is -3.41. The van der Waals surface area contributed by atoms with E-state index in [2.05, 4.69) is 14.8 Å². The van der Waals surface area contributed by atoms with Gasteiger partial charge in [-0.1, -0.05) is 0 Å². The first kappa shape index (κ1) is 22.4. The maximum atomic E-state index is 14.0. The predicted octanol–water partition coefficient (Wildman–Crippen LogP) is 3.14. The zero-order valence-corrected chi connectivity index (χ0v) is 18.2. The molecule has 5 rings (SSSR count). The fraction of sp³-hybridized carbons (Fsp3) is 0.409. The number of nitrogens with zero attached hydrogens (tertiary/aromatic N) is 4. The van der Waals surface area contributed by atoms with E-state index in [-0.39, 0.29) is 41.9 Å². The van der Waals surface area contributed by atoms with Crippen molar-refractivity contribution < 1.29 is 31.9 Å². The smallest absolute Gasteiger partial charge is 0.345 e. The summed E-state index contributed by atoms with van der Waals surface area (Å²) < 4.78 is 59.2. The number of nitrogens with one attached hydrogen (secondary N) is 1. The third-order valence-electron chi connectivity index (χ3n) is 6.63. The molecule has 180 valence electrons. The van der Waals surface area contributed by atoms with Gasteiger partial charge in [-0.15, -0.1) is 0 Å². The third kappa shape index (κ3) is 3.71. The number of halogens is 4. The molecule has 3 heterocycles. The molecule has 0 unspecified atom stereocenters. The van der Waals surface area contributed by atoms with Crippen LogP contribution in [0.4, 0.5) is 17.6 Å². The Morgan fingerprint density at radius 3 is 2.65 bits per heavy atom. The van der Waals surface area contributed by atoms with Gasteiger partial charge in [0.05, 0.1) is 48.2 Å². The molecule has 3 aromatic rings. The highest BCUT2D eigenvalue weighted by atomic mass is 19.3. The van der Waals surface area contributed by atoms with Gasteiger partial charge in [0.1, 0.15) is 17.3 Å². The van der Waals surface area contributed by atoms with Gasteiger partial charge in [-0.25, -0.2) is 8.78 Å². The zero-order chi connectivity index (χ0) is 24.2. The Kier molecular flexibility index (Phi) is 5.34. The number of rotatable bonds is 6. The normalized spacial score (nSPS) is 16.7. The number of carbonyl (C=O) groups is 2. The minimum absolute atomic E-state index is 0.0244. The number of ether oxygens (including phenoxy) is 1. The van der Waals surface area contributed by atoms with E-state index in [0.717, 1.165) is 12.1 Å². The number of aromatic amines is 1. The average molecular weight is 479 g/mol. The van der Waals surface area contributed by atoms with Crippen LogP contribution in [0.1, 0.15) is 39.4 Å². The van der Waals surface area contributed by atoms with E-state index < -0.39 is 35.6 Å². The van der Waals surface area contributed by atoms with Crippen molar-refractivity contribution in [2.75, 3.05) is 20.2 Å². The van der Waals surface area contributed by atoms with E-state index in [1.54, 1.807) is 4.68 Å². The number of fused-ring (bicyclic) bond motifs is 2. The molecule has 2 aliphatic rings. The van der Waals surface area contributed by atoms with Crippen LogP contribution in [0.25, 0.3) is 10.9 Å². The van der Waals surface area contributed by atoms with Gasteiger partial charge in [-0.2, -0.15) is 13.9 Å². The molecule has 2 aromatic heterocycles. The van der Waals surface area contributed by atoms with Gasteiger partial charge in [0.2, 0.25) is 0 Å². The van der Waals surface area contributed by atoms with Crippen molar-refractivity contribution in [3.05, 3.63) is 53.0 Å². The van der Waals surface area contributed by atoms with Crippen LogP contribution in [0.15, 0.2) is 24.4 Å². The van der Waals surface area contributed by atoms with Gasteiger partial charge in [-0.3, -0.25) is 14.3 Å². The SMILES string of the molecule is CN(C(=O)c1cnn2c1CN(C(=O)c1cc3c(F)ccc(F)c3[nH]1)CC2)C1(COC(F)F)CC1. The highest BCUT2D eigenvalue weighted by molar-refractivity contribution is 5.99. The lowest BCUT2D eigenvalue weighted by atomic mass is 10.1. The molecule has 0 bridgehead atoms.